The van der Waals surface area contributed by atoms with Gasteiger partial charge in [-0.1, -0.05) is 6.07 Å². The molecular formula is C14H12N4O2. The molecule has 0 fully saturated rings. The molecule has 0 spiro atoms. The molecule has 100 valence electrons. The van der Waals surface area contributed by atoms with Crippen molar-refractivity contribution in [3.63, 3.8) is 0 Å². The fourth-order valence-electron chi connectivity index (χ4n) is 1.51. The van der Waals surface area contributed by atoms with Crippen LogP contribution in [0.2, 0.25) is 0 Å². The predicted molar refractivity (Wildman–Crippen MR) is 74.2 cm³/mol. The van der Waals surface area contributed by atoms with E-state index in [1.807, 2.05) is 6.07 Å². The molecule has 1 amide bonds. The summed E-state index contributed by atoms with van der Waals surface area (Å²) in [5.41, 5.74) is 6.83. The Morgan fingerprint density at radius 3 is 2.95 bits per heavy atom. The van der Waals surface area contributed by atoms with Gasteiger partial charge in [-0.25, -0.2) is 4.98 Å². The molecule has 2 rings (SSSR count). The van der Waals surface area contributed by atoms with Gasteiger partial charge in [0.2, 0.25) is 0 Å². The molecule has 3 N–H and O–H groups in total. The second-order valence-electron chi connectivity index (χ2n) is 3.91. The third-order valence-electron chi connectivity index (χ3n) is 2.41. The van der Waals surface area contributed by atoms with Crippen LogP contribution in [0.4, 0.5) is 11.4 Å². The smallest absolute Gasteiger partial charge is 0.274 e. The number of rotatable bonds is 4. The number of carbonyl (C=O) groups is 1. The van der Waals surface area contributed by atoms with Gasteiger partial charge in [0.25, 0.3) is 5.91 Å². The second-order valence-corrected chi connectivity index (χ2v) is 3.91. The van der Waals surface area contributed by atoms with E-state index in [9.17, 15) is 4.79 Å². The molecule has 6 heteroatoms. The Labute approximate surface area is 115 Å². The Balaban J connectivity index is 2.07. The van der Waals surface area contributed by atoms with Crippen molar-refractivity contribution in [3.8, 4) is 11.8 Å². The molecule has 0 atom stereocenters. The van der Waals surface area contributed by atoms with Gasteiger partial charge in [0, 0.05) is 11.8 Å². The summed E-state index contributed by atoms with van der Waals surface area (Å²) < 4.78 is 5.15. The van der Waals surface area contributed by atoms with E-state index in [2.05, 4.69) is 10.3 Å². The van der Waals surface area contributed by atoms with Crippen LogP contribution < -0.4 is 15.8 Å². The zero-order valence-electron chi connectivity index (χ0n) is 10.5. The van der Waals surface area contributed by atoms with E-state index < -0.39 is 0 Å². The van der Waals surface area contributed by atoms with E-state index in [1.165, 1.54) is 6.20 Å². The number of ether oxygens (including phenoxy) is 1. The molecule has 0 unspecified atom stereocenters. The summed E-state index contributed by atoms with van der Waals surface area (Å²) in [6.07, 6.45) is 1.42. The number of pyridine rings is 1. The maximum atomic E-state index is 11.9. The summed E-state index contributed by atoms with van der Waals surface area (Å²) in [5, 5.41) is 11.1. The van der Waals surface area contributed by atoms with Crippen molar-refractivity contribution in [3.05, 3.63) is 48.3 Å². The van der Waals surface area contributed by atoms with Gasteiger partial charge in [0.1, 0.15) is 17.5 Å². The van der Waals surface area contributed by atoms with Crippen LogP contribution in [0, 0.1) is 11.3 Å². The first-order valence-corrected chi connectivity index (χ1v) is 5.82. The fourth-order valence-corrected chi connectivity index (χ4v) is 1.51. The van der Waals surface area contributed by atoms with Crippen LogP contribution in [0.25, 0.3) is 0 Å². The highest BCUT2D eigenvalue weighted by atomic mass is 16.5. The molecule has 20 heavy (non-hydrogen) atoms. The molecule has 1 aromatic carbocycles. The number of aromatic nitrogens is 1. The van der Waals surface area contributed by atoms with E-state index >= 15 is 0 Å². The largest absolute Gasteiger partial charge is 0.479 e. The van der Waals surface area contributed by atoms with Gasteiger partial charge >= 0.3 is 0 Å². The first-order chi connectivity index (χ1) is 9.69. The topological polar surface area (TPSA) is 101 Å². The van der Waals surface area contributed by atoms with Crippen LogP contribution >= 0.6 is 0 Å². The van der Waals surface area contributed by atoms with E-state index in [0.717, 1.165) is 0 Å². The second kappa shape index (κ2) is 6.20. The molecule has 0 aliphatic rings. The highest BCUT2D eigenvalue weighted by Gasteiger charge is 2.07. The number of carbonyl (C=O) groups excluding carboxylic acids is 1. The third-order valence-corrected chi connectivity index (χ3v) is 2.41. The number of amides is 1. The summed E-state index contributed by atoms with van der Waals surface area (Å²) in [5.74, 6) is 0.164. The highest BCUT2D eigenvalue weighted by molar-refractivity contribution is 6.03. The standard InChI is InChI=1S/C14H12N4O2/c15-6-7-20-12-3-1-2-11(8-12)18-14(19)13-5-4-10(16)9-17-13/h1-5,8-9H,7,16H2,(H,18,19). The molecule has 0 aliphatic carbocycles. The van der Waals surface area contributed by atoms with Crippen molar-refractivity contribution in [2.24, 2.45) is 0 Å². The fraction of sp³-hybridized carbons (Fsp3) is 0.0714. The van der Waals surface area contributed by atoms with Crippen molar-refractivity contribution < 1.29 is 9.53 Å². The normalized spacial score (nSPS) is 9.55. The third kappa shape index (κ3) is 3.46. The van der Waals surface area contributed by atoms with Crippen molar-refractivity contribution in [2.45, 2.75) is 0 Å². The number of hydrogen-bond donors (Lipinski definition) is 2. The van der Waals surface area contributed by atoms with Gasteiger partial charge in [0.15, 0.2) is 6.61 Å². The molecule has 0 radical (unpaired) electrons. The minimum Gasteiger partial charge on any atom is -0.479 e. The number of anilines is 2. The Kier molecular flexibility index (Phi) is 4.14. The number of hydrogen-bond acceptors (Lipinski definition) is 5. The van der Waals surface area contributed by atoms with Gasteiger partial charge in [-0.15, -0.1) is 0 Å². The number of nitriles is 1. The molecular weight excluding hydrogens is 256 g/mol. The van der Waals surface area contributed by atoms with E-state index in [-0.39, 0.29) is 18.2 Å². The van der Waals surface area contributed by atoms with Crippen LogP contribution in [0.1, 0.15) is 10.5 Å². The number of nitrogens with zero attached hydrogens (tertiary/aromatic N) is 2. The average Bonchev–Trinajstić information content (AvgIpc) is 2.46. The Morgan fingerprint density at radius 2 is 2.25 bits per heavy atom. The van der Waals surface area contributed by atoms with Crippen LogP contribution in [0.3, 0.4) is 0 Å². The lowest BCUT2D eigenvalue weighted by Gasteiger charge is -2.07. The number of nitrogen functional groups attached to an aromatic ring is 1. The zero-order valence-corrected chi connectivity index (χ0v) is 10.5. The zero-order chi connectivity index (χ0) is 14.4. The number of benzene rings is 1. The minimum absolute atomic E-state index is 0.0447. The molecule has 1 heterocycles. The Morgan fingerprint density at radius 1 is 1.40 bits per heavy atom. The first-order valence-electron chi connectivity index (χ1n) is 5.82. The summed E-state index contributed by atoms with van der Waals surface area (Å²) >= 11 is 0. The van der Waals surface area contributed by atoms with Crippen molar-refractivity contribution in [2.75, 3.05) is 17.7 Å². The van der Waals surface area contributed by atoms with Crippen LogP contribution in [0.15, 0.2) is 42.6 Å². The molecule has 0 aliphatic heterocycles. The van der Waals surface area contributed by atoms with Gasteiger partial charge in [-0.3, -0.25) is 4.79 Å². The maximum Gasteiger partial charge on any atom is 0.274 e. The van der Waals surface area contributed by atoms with E-state index in [0.29, 0.717) is 17.1 Å². The molecule has 1 aromatic heterocycles. The van der Waals surface area contributed by atoms with Crippen LogP contribution in [-0.4, -0.2) is 17.5 Å². The van der Waals surface area contributed by atoms with Crippen LogP contribution in [0.5, 0.6) is 5.75 Å². The van der Waals surface area contributed by atoms with Gasteiger partial charge in [0.05, 0.1) is 11.9 Å². The monoisotopic (exact) mass is 268 g/mol. The molecule has 0 saturated heterocycles. The van der Waals surface area contributed by atoms with Crippen molar-refractivity contribution >= 4 is 17.3 Å². The minimum atomic E-state index is -0.345. The lowest BCUT2D eigenvalue weighted by molar-refractivity contribution is 0.102. The molecule has 6 nitrogen and oxygen atoms in total. The summed E-state index contributed by atoms with van der Waals surface area (Å²) in [7, 11) is 0. The van der Waals surface area contributed by atoms with Crippen LogP contribution in [-0.2, 0) is 0 Å². The number of nitrogens with two attached hydrogens (primary N) is 1. The Hall–Kier alpha value is -3.07. The molecule has 0 saturated carbocycles. The summed E-state index contributed by atoms with van der Waals surface area (Å²) in [4.78, 5) is 15.9. The predicted octanol–water partition coefficient (Wildman–Crippen LogP) is 1.82. The summed E-state index contributed by atoms with van der Waals surface area (Å²) in [6, 6.07) is 11.8. The van der Waals surface area contributed by atoms with Crippen molar-refractivity contribution in [1.82, 2.24) is 4.98 Å². The van der Waals surface area contributed by atoms with Gasteiger partial charge in [-0.2, -0.15) is 5.26 Å². The van der Waals surface area contributed by atoms with E-state index in [1.54, 1.807) is 36.4 Å². The number of nitrogens with one attached hydrogen (secondary N) is 1. The lowest BCUT2D eigenvalue weighted by Crippen LogP contribution is -2.13. The van der Waals surface area contributed by atoms with Gasteiger partial charge in [-0.05, 0) is 24.3 Å². The van der Waals surface area contributed by atoms with Crippen molar-refractivity contribution in [1.29, 1.82) is 5.26 Å². The summed E-state index contributed by atoms with van der Waals surface area (Å²) in [6.45, 7) is -0.0447. The molecule has 2 aromatic rings. The first kappa shape index (κ1) is 13.4. The Bertz CT molecular complexity index is 647. The van der Waals surface area contributed by atoms with Gasteiger partial charge < -0.3 is 15.8 Å². The SMILES string of the molecule is N#CCOc1cccc(NC(=O)c2ccc(N)cn2)c1. The van der Waals surface area contributed by atoms with E-state index in [4.69, 9.17) is 15.7 Å². The molecule has 0 bridgehead atoms. The maximum absolute atomic E-state index is 11.9. The average molecular weight is 268 g/mol. The highest BCUT2D eigenvalue weighted by Crippen LogP contribution is 2.17. The lowest BCUT2D eigenvalue weighted by atomic mass is 10.2. The quantitative estimate of drug-likeness (QED) is 0.880.